The standard InChI is InChI=1S/C74H132O6/c1-4-7-10-13-16-19-22-25-28-31-34-36-37-38-41-43-46-49-52-55-58-61-64-67-73(76)79-70-71(69-78-72(75)66-63-60-57-54-51-48-45-42-39-33-30-27-24-21-18-15-12-9-6-3)80-74(77)68-65-62-59-56-53-50-47-44-40-35-32-29-26-23-20-17-14-11-8-5-2/h7,10,16,19,25,27-28,30,34,36,38,41,71H,4-6,8-9,11-15,17-18,20-24,26,29,31-33,35,37,39-40,42-70H2,1-3H3/b10-7-,19-16-,28-25-,30-27-,36-34-,41-38-. The topological polar surface area (TPSA) is 78.9 Å². The fraction of sp³-hybridized carbons (Fsp3) is 0.797. The van der Waals surface area contributed by atoms with Gasteiger partial charge in [0.1, 0.15) is 13.2 Å². The van der Waals surface area contributed by atoms with E-state index < -0.39 is 6.10 Å². The molecule has 0 aromatic rings. The van der Waals surface area contributed by atoms with Crippen molar-refractivity contribution >= 4 is 17.9 Å². The Labute approximate surface area is 497 Å². The van der Waals surface area contributed by atoms with Crippen molar-refractivity contribution in [2.45, 2.75) is 367 Å². The van der Waals surface area contributed by atoms with Crippen LogP contribution >= 0.6 is 0 Å². The van der Waals surface area contributed by atoms with Gasteiger partial charge in [-0.05, 0) is 89.9 Å². The molecule has 0 rings (SSSR count). The first kappa shape index (κ1) is 76.9. The molecule has 464 valence electrons. The third-order valence-corrected chi connectivity index (χ3v) is 15.4. The van der Waals surface area contributed by atoms with Gasteiger partial charge in [0.15, 0.2) is 6.10 Å². The number of rotatable bonds is 64. The van der Waals surface area contributed by atoms with Gasteiger partial charge in [-0.1, -0.05) is 325 Å². The summed E-state index contributed by atoms with van der Waals surface area (Å²) < 4.78 is 17.0. The number of carbonyl (C=O) groups is 3. The molecule has 0 heterocycles. The SMILES string of the molecule is CC/C=C\C/C=C\C/C=C\C/C=C\C/C=C\CCCCCCCCCC(=O)OCC(COC(=O)CCCCCCCCCCC/C=C\CCCCCCCC)OC(=O)CCCCCCCCCCCCCCCCCCCCCC. The highest BCUT2D eigenvalue weighted by molar-refractivity contribution is 5.71. The van der Waals surface area contributed by atoms with Gasteiger partial charge in [-0.3, -0.25) is 14.4 Å². The van der Waals surface area contributed by atoms with Gasteiger partial charge in [0, 0.05) is 19.3 Å². The van der Waals surface area contributed by atoms with Crippen molar-refractivity contribution in [3.63, 3.8) is 0 Å². The maximum Gasteiger partial charge on any atom is 0.306 e. The highest BCUT2D eigenvalue weighted by Crippen LogP contribution is 2.18. The van der Waals surface area contributed by atoms with Crippen LogP contribution < -0.4 is 0 Å². The molecular formula is C74H132O6. The van der Waals surface area contributed by atoms with Gasteiger partial charge < -0.3 is 14.2 Å². The van der Waals surface area contributed by atoms with Gasteiger partial charge in [0.05, 0.1) is 0 Å². The molecule has 0 saturated carbocycles. The van der Waals surface area contributed by atoms with Crippen LogP contribution in [-0.2, 0) is 28.6 Å². The summed E-state index contributed by atoms with van der Waals surface area (Å²) in [5.74, 6) is -0.866. The molecule has 1 atom stereocenters. The molecule has 0 aliphatic heterocycles. The number of allylic oxidation sites excluding steroid dienone is 12. The Morgan fingerprint density at radius 2 is 0.487 bits per heavy atom. The zero-order chi connectivity index (χ0) is 57.8. The lowest BCUT2D eigenvalue weighted by Crippen LogP contribution is -2.30. The van der Waals surface area contributed by atoms with E-state index in [1.54, 1.807) is 0 Å². The monoisotopic (exact) mass is 1120 g/mol. The normalized spacial score (nSPS) is 12.5. The van der Waals surface area contributed by atoms with Crippen molar-refractivity contribution in [2.24, 2.45) is 0 Å². The third-order valence-electron chi connectivity index (χ3n) is 15.4. The van der Waals surface area contributed by atoms with Crippen molar-refractivity contribution in [2.75, 3.05) is 13.2 Å². The molecule has 0 radical (unpaired) electrons. The average Bonchev–Trinajstić information content (AvgIpc) is 3.46. The van der Waals surface area contributed by atoms with E-state index >= 15 is 0 Å². The van der Waals surface area contributed by atoms with Crippen LogP contribution in [0.1, 0.15) is 361 Å². The van der Waals surface area contributed by atoms with Crippen LogP contribution in [0, 0.1) is 0 Å². The van der Waals surface area contributed by atoms with Gasteiger partial charge in [-0.2, -0.15) is 0 Å². The van der Waals surface area contributed by atoms with Crippen LogP contribution in [-0.4, -0.2) is 37.2 Å². The predicted octanol–water partition coefficient (Wildman–Crippen LogP) is 24.1. The summed E-state index contributed by atoms with van der Waals surface area (Å²) >= 11 is 0. The molecule has 0 saturated heterocycles. The summed E-state index contributed by atoms with van der Waals surface area (Å²) in [5.41, 5.74) is 0. The molecular weight excluding hydrogens is 985 g/mol. The molecule has 0 amide bonds. The van der Waals surface area contributed by atoms with Crippen molar-refractivity contribution in [1.82, 2.24) is 0 Å². The fourth-order valence-corrected chi connectivity index (χ4v) is 10.2. The second kappa shape index (κ2) is 68.3. The number of carbonyl (C=O) groups excluding carboxylic acids is 3. The van der Waals surface area contributed by atoms with E-state index in [1.165, 1.54) is 225 Å². The van der Waals surface area contributed by atoms with Crippen molar-refractivity contribution < 1.29 is 28.6 Å². The van der Waals surface area contributed by atoms with Gasteiger partial charge >= 0.3 is 17.9 Å². The van der Waals surface area contributed by atoms with Gasteiger partial charge in [-0.15, -0.1) is 0 Å². The van der Waals surface area contributed by atoms with Gasteiger partial charge in [-0.25, -0.2) is 0 Å². The summed E-state index contributed by atoms with van der Waals surface area (Å²) in [7, 11) is 0. The van der Waals surface area contributed by atoms with E-state index in [0.717, 1.165) is 96.3 Å². The Balaban J connectivity index is 4.37. The molecule has 80 heavy (non-hydrogen) atoms. The van der Waals surface area contributed by atoms with Gasteiger partial charge in [0.25, 0.3) is 0 Å². The molecule has 0 aliphatic rings. The zero-order valence-electron chi connectivity index (χ0n) is 53.3. The molecule has 0 aromatic heterocycles. The van der Waals surface area contributed by atoms with E-state index in [-0.39, 0.29) is 31.1 Å². The fourth-order valence-electron chi connectivity index (χ4n) is 10.2. The second-order valence-corrected chi connectivity index (χ2v) is 23.4. The Hall–Kier alpha value is -3.15. The number of hydrogen-bond acceptors (Lipinski definition) is 6. The Kier molecular flexibility index (Phi) is 65.7. The summed E-state index contributed by atoms with van der Waals surface area (Å²) in [5, 5.41) is 0. The molecule has 0 aromatic carbocycles. The van der Waals surface area contributed by atoms with E-state index in [4.69, 9.17) is 14.2 Å². The van der Waals surface area contributed by atoms with Crippen molar-refractivity contribution in [1.29, 1.82) is 0 Å². The maximum atomic E-state index is 13.0. The molecule has 0 spiro atoms. The number of hydrogen-bond donors (Lipinski definition) is 0. The first-order chi connectivity index (χ1) is 39.5. The van der Waals surface area contributed by atoms with E-state index in [1.807, 2.05) is 0 Å². The molecule has 6 nitrogen and oxygen atoms in total. The Morgan fingerprint density at radius 1 is 0.263 bits per heavy atom. The quantitative estimate of drug-likeness (QED) is 0.0261. The lowest BCUT2D eigenvalue weighted by molar-refractivity contribution is -0.167. The number of unbranched alkanes of at least 4 members (excludes halogenated alkanes) is 41. The Bertz CT molecular complexity index is 1470. The molecule has 0 bridgehead atoms. The highest BCUT2D eigenvalue weighted by atomic mass is 16.6. The first-order valence-corrected chi connectivity index (χ1v) is 34.9. The summed E-state index contributed by atoms with van der Waals surface area (Å²) in [6.45, 7) is 6.57. The minimum atomic E-state index is -0.781. The zero-order valence-corrected chi connectivity index (χ0v) is 53.3. The average molecular weight is 1120 g/mol. The number of ether oxygens (including phenoxy) is 3. The van der Waals surface area contributed by atoms with Crippen molar-refractivity contribution in [3.05, 3.63) is 72.9 Å². The summed E-state index contributed by atoms with van der Waals surface area (Å²) in [6.07, 6.45) is 89.1. The van der Waals surface area contributed by atoms with Crippen LogP contribution in [0.3, 0.4) is 0 Å². The Morgan fingerprint density at radius 3 is 0.775 bits per heavy atom. The maximum absolute atomic E-state index is 13.0. The van der Waals surface area contributed by atoms with E-state index in [9.17, 15) is 14.4 Å². The van der Waals surface area contributed by atoms with Crippen LogP contribution in [0.4, 0.5) is 0 Å². The summed E-state index contributed by atoms with van der Waals surface area (Å²) in [4.78, 5) is 38.5. The minimum Gasteiger partial charge on any atom is -0.462 e. The van der Waals surface area contributed by atoms with E-state index in [0.29, 0.717) is 19.3 Å². The van der Waals surface area contributed by atoms with Crippen LogP contribution in [0.2, 0.25) is 0 Å². The van der Waals surface area contributed by atoms with Crippen LogP contribution in [0.5, 0.6) is 0 Å². The lowest BCUT2D eigenvalue weighted by atomic mass is 10.0. The van der Waals surface area contributed by atoms with Crippen LogP contribution in [0.25, 0.3) is 0 Å². The van der Waals surface area contributed by atoms with Gasteiger partial charge in [0.2, 0.25) is 0 Å². The third kappa shape index (κ3) is 65.7. The smallest absolute Gasteiger partial charge is 0.306 e. The highest BCUT2D eigenvalue weighted by Gasteiger charge is 2.19. The second-order valence-electron chi connectivity index (χ2n) is 23.4. The van der Waals surface area contributed by atoms with Crippen molar-refractivity contribution in [3.8, 4) is 0 Å². The lowest BCUT2D eigenvalue weighted by Gasteiger charge is -2.18. The van der Waals surface area contributed by atoms with E-state index in [2.05, 4.69) is 93.7 Å². The predicted molar refractivity (Wildman–Crippen MR) is 348 cm³/mol. The minimum absolute atomic E-state index is 0.0763. The first-order valence-electron chi connectivity index (χ1n) is 34.9. The van der Waals surface area contributed by atoms with Crippen LogP contribution in [0.15, 0.2) is 72.9 Å². The molecule has 0 aliphatic carbocycles. The largest absolute Gasteiger partial charge is 0.462 e. The molecule has 1 unspecified atom stereocenters. The molecule has 6 heteroatoms. The summed E-state index contributed by atoms with van der Waals surface area (Å²) in [6, 6.07) is 0. The number of esters is 3. The molecule has 0 N–H and O–H groups in total. The molecule has 0 fully saturated rings.